The number of benzene rings is 3. The van der Waals surface area contributed by atoms with Gasteiger partial charge in [-0.05, 0) is 40.6 Å². The van der Waals surface area contributed by atoms with E-state index in [0.29, 0.717) is 17.7 Å². The summed E-state index contributed by atoms with van der Waals surface area (Å²) in [6, 6.07) is 22.6. The summed E-state index contributed by atoms with van der Waals surface area (Å²) in [7, 11) is 1.73. The van der Waals surface area contributed by atoms with Crippen LogP contribution in [0.25, 0.3) is 10.8 Å². The Bertz CT molecular complexity index is 1040. The number of nitriles is 1. The lowest BCUT2D eigenvalue weighted by Crippen LogP contribution is -2.31. The number of rotatable bonds is 6. The van der Waals surface area contributed by atoms with Crippen molar-refractivity contribution in [3.8, 4) is 6.07 Å². The summed E-state index contributed by atoms with van der Waals surface area (Å²) >= 11 is 0. The van der Waals surface area contributed by atoms with Crippen molar-refractivity contribution >= 4 is 22.6 Å². The maximum absolute atomic E-state index is 12.3. The summed E-state index contributed by atoms with van der Waals surface area (Å²) in [6.07, 6.45) is 0.228. The first kappa shape index (κ1) is 19.1. The second kappa shape index (κ2) is 8.83. The maximum Gasteiger partial charge on any atom is 0.251 e. The molecule has 0 heterocycles. The molecule has 5 heteroatoms. The first-order chi connectivity index (χ1) is 13.6. The van der Waals surface area contributed by atoms with E-state index in [2.05, 4.69) is 11.4 Å². The monoisotopic (exact) mass is 371 g/mol. The number of amides is 2. The third-order valence-electron chi connectivity index (χ3n) is 4.56. The van der Waals surface area contributed by atoms with E-state index >= 15 is 0 Å². The molecule has 140 valence electrons. The van der Waals surface area contributed by atoms with E-state index in [0.717, 1.165) is 16.3 Å². The Balaban J connectivity index is 1.49. The smallest absolute Gasteiger partial charge is 0.251 e. The second-order valence-electron chi connectivity index (χ2n) is 6.63. The Kier molecular flexibility index (Phi) is 6.03. The zero-order valence-electron chi connectivity index (χ0n) is 15.7. The van der Waals surface area contributed by atoms with Gasteiger partial charge in [-0.15, -0.1) is 0 Å². The number of fused-ring (bicyclic) bond motifs is 1. The van der Waals surface area contributed by atoms with Crippen molar-refractivity contribution in [2.45, 2.75) is 13.0 Å². The van der Waals surface area contributed by atoms with Crippen molar-refractivity contribution in [1.82, 2.24) is 10.2 Å². The average molecular weight is 371 g/mol. The van der Waals surface area contributed by atoms with Gasteiger partial charge in [-0.25, -0.2) is 0 Å². The van der Waals surface area contributed by atoms with E-state index in [1.807, 2.05) is 48.5 Å². The molecule has 1 N–H and O–H groups in total. The molecule has 0 aliphatic carbocycles. The van der Waals surface area contributed by atoms with E-state index in [4.69, 9.17) is 5.26 Å². The molecule has 0 atom stereocenters. The van der Waals surface area contributed by atoms with Crippen LogP contribution in [0.1, 0.15) is 27.9 Å². The minimum atomic E-state index is -0.187. The predicted octanol–water partition coefficient (Wildman–Crippen LogP) is 3.49. The van der Waals surface area contributed by atoms with E-state index in [1.165, 1.54) is 0 Å². The van der Waals surface area contributed by atoms with Crippen molar-refractivity contribution in [3.63, 3.8) is 0 Å². The van der Waals surface area contributed by atoms with Crippen LogP contribution in [-0.2, 0) is 11.3 Å². The molecular weight excluding hydrogens is 350 g/mol. The van der Waals surface area contributed by atoms with Gasteiger partial charge in [0.15, 0.2) is 0 Å². The fourth-order valence-electron chi connectivity index (χ4n) is 2.95. The molecular formula is C23H21N3O2. The lowest BCUT2D eigenvalue weighted by atomic mass is 10.1. The van der Waals surface area contributed by atoms with Crippen LogP contribution >= 0.6 is 0 Å². The molecule has 3 rings (SSSR count). The fraction of sp³-hybridized carbons (Fsp3) is 0.174. The quantitative estimate of drug-likeness (QED) is 0.721. The SMILES string of the molecule is CN(Cc1ccc(C#N)cc1)C(=O)CCNC(=O)c1ccc2ccccc2c1. The topological polar surface area (TPSA) is 73.2 Å². The van der Waals surface area contributed by atoms with Gasteiger partial charge >= 0.3 is 0 Å². The Morgan fingerprint density at radius 2 is 1.71 bits per heavy atom. The van der Waals surface area contributed by atoms with Gasteiger partial charge in [0.1, 0.15) is 0 Å². The predicted molar refractivity (Wildman–Crippen MR) is 109 cm³/mol. The molecule has 0 saturated heterocycles. The zero-order valence-corrected chi connectivity index (χ0v) is 15.7. The van der Waals surface area contributed by atoms with Crippen molar-refractivity contribution < 1.29 is 9.59 Å². The number of nitrogens with zero attached hydrogens (tertiary/aromatic N) is 2. The van der Waals surface area contributed by atoms with Crippen molar-refractivity contribution in [1.29, 1.82) is 5.26 Å². The summed E-state index contributed by atoms with van der Waals surface area (Å²) in [6.45, 7) is 0.741. The summed E-state index contributed by atoms with van der Waals surface area (Å²) in [5, 5.41) is 13.7. The zero-order chi connectivity index (χ0) is 19.9. The third kappa shape index (κ3) is 4.74. The van der Waals surface area contributed by atoms with E-state index in [9.17, 15) is 9.59 Å². The second-order valence-corrected chi connectivity index (χ2v) is 6.63. The van der Waals surface area contributed by atoms with Gasteiger partial charge in [-0.2, -0.15) is 5.26 Å². The fourth-order valence-corrected chi connectivity index (χ4v) is 2.95. The molecule has 0 saturated carbocycles. The Hall–Kier alpha value is -3.65. The van der Waals surface area contributed by atoms with Crippen LogP contribution in [-0.4, -0.2) is 30.3 Å². The Morgan fingerprint density at radius 3 is 2.43 bits per heavy atom. The maximum atomic E-state index is 12.3. The van der Waals surface area contributed by atoms with Crippen LogP contribution < -0.4 is 5.32 Å². The Labute approximate surface area is 164 Å². The van der Waals surface area contributed by atoms with Crippen LogP contribution in [0.15, 0.2) is 66.7 Å². The average Bonchev–Trinajstić information content (AvgIpc) is 2.73. The minimum Gasteiger partial charge on any atom is -0.352 e. The van der Waals surface area contributed by atoms with E-state index < -0.39 is 0 Å². The molecule has 0 aromatic heterocycles. The van der Waals surface area contributed by atoms with Crippen LogP contribution in [0.3, 0.4) is 0 Å². The summed E-state index contributed by atoms with van der Waals surface area (Å²) < 4.78 is 0. The largest absolute Gasteiger partial charge is 0.352 e. The molecule has 0 radical (unpaired) electrons. The van der Waals surface area contributed by atoms with Crippen LogP contribution in [0, 0.1) is 11.3 Å². The van der Waals surface area contributed by atoms with Crippen LogP contribution in [0.4, 0.5) is 0 Å². The molecule has 28 heavy (non-hydrogen) atoms. The normalized spacial score (nSPS) is 10.3. The lowest BCUT2D eigenvalue weighted by Gasteiger charge is -2.17. The molecule has 0 fully saturated rings. The summed E-state index contributed by atoms with van der Waals surface area (Å²) in [5.74, 6) is -0.239. The first-order valence-electron chi connectivity index (χ1n) is 9.07. The van der Waals surface area contributed by atoms with Crippen LogP contribution in [0.5, 0.6) is 0 Å². The van der Waals surface area contributed by atoms with Crippen molar-refractivity contribution in [2.75, 3.05) is 13.6 Å². The molecule has 3 aromatic carbocycles. The van der Waals surface area contributed by atoms with Crippen molar-refractivity contribution in [3.05, 3.63) is 83.4 Å². The van der Waals surface area contributed by atoms with Gasteiger partial charge in [0.2, 0.25) is 5.91 Å². The number of nitrogens with one attached hydrogen (secondary N) is 1. The molecule has 0 spiro atoms. The van der Waals surface area contributed by atoms with Crippen LogP contribution in [0.2, 0.25) is 0 Å². The number of hydrogen-bond acceptors (Lipinski definition) is 3. The summed E-state index contributed by atoms with van der Waals surface area (Å²) in [4.78, 5) is 26.2. The molecule has 3 aromatic rings. The van der Waals surface area contributed by atoms with Gasteiger partial charge in [-0.1, -0.05) is 42.5 Å². The van der Waals surface area contributed by atoms with E-state index in [-0.39, 0.29) is 24.8 Å². The standard InChI is InChI=1S/C23H21N3O2/c1-26(16-18-8-6-17(15-24)7-9-18)22(27)12-13-25-23(28)21-11-10-19-4-2-3-5-20(19)14-21/h2-11,14H,12-13,16H2,1H3,(H,25,28). The molecule has 0 aliphatic heterocycles. The molecule has 0 bridgehead atoms. The number of carbonyl (C=O) groups excluding carboxylic acids is 2. The van der Waals surface area contributed by atoms with Gasteiger partial charge in [0.05, 0.1) is 11.6 Å². The summed E-state index contributed by atoms with van der Waals surface area (Å²) in [5.41, 5.74) is 2.13. The van der Waals surface area contributed by atoms with Gasteiger partial charge in [0.25, 0.3) is 5.91 Å². The molecule has 0 aliphatic rings. The Morgan fingerprint density at radius 1 is 1.00 bits per heavy atom. The van der Waals surface area contributed by atoms with Crippen molar-refractivity contribution in [2.24, 2.45) is 0 Å². The van der Waals surface area contributed by atoms with Gasteiger partial charge < -0.3 is 10.2 Å². The number of hydrogen-bond donors (Lipinski definition) is 1. The highest BCUT2D eigenvalue weighted by Crippen LogP contribution is 2.15. The molecule has 0 unspecified atom stereocenters. The minimum absolute atomic E-state index is 0.0526. The highest BCUT2D eigenvalue weighted by Gasteiger charge is 2.11. The highest BCUT2D eigenvalue weighted by atomic mass is 16.2. The van der Waals surface area contributed by atoms with E-state index in [1.54, 1.807) is 30.1 Å². The third-order valence-corrected chi connectivity index (χ3v) is 4.56. The lowest BCUT2D eigenvalue weighted by molar-refractivity contribution is -0.130. The molecule has 2 amide bonds. The van der Waals surface area contributed by atoms with Gasteiger partial charge in [-0.3, -0.25) is 9.59 Å². The highest BCUT2D eigenvalue weighted by molar-refractivity contribution is 5.98. The first-order valence-corrected chi connectivity index (χ1v) is 9.07. The van der Waals surface area contributed by atoms with Gasteiger partial charge in [0, 0.05) is 32.1 Å². The number of carbonyl (C=O) groups is 2. The molecule has 5 nitrogen and oxygen atoms in total.